The third kappa shape index (κ3) is 3.89. The Bertz CT molecular complexity index is 619. The molecule has 1 aliphatic carbocycles. The average Bonchev–Trinajstić information content (AvgIpc) is 2.51. The Labute approximate surface area is 138 Å². The maximum Gasteiger partial charge on any atom is 0.309 e. The van der Waals surface area contributed by atoms with Gasteiger partial charge in [-0.05, 0) is 42.7 Å². The van der Waals surface area contributed by atoms with E-state index in [2.05, 4.69) is 15.9 Å². The summed E-state index contributed by atoms with van der Waals surface area (Å²) in [5.74, 6) is 0.674. The monoisotopic (exact) mass is 360 g/mol. The Morgan fingerprint density at radius 1 is 1.05 bits per heavy atom. The van der Waals surface area contributed by atoms with Gasteiger partial charge in [-0.3, -0.25) is 4.79 Å². The summed E-state index contributed by atoms with van der Waals surface area (Å²) in [5, 5.41) is 0. The molecule has 3 nitrogen and oxygen atoms in total. The molecule has 2 aromatic rings. The summed E-state index contributed by atoms with van der Waals surface area (Å²) in [4.78, 5) is 12.0. The number of hydrogen-bond acceptors (Lipinski definition) is 3. The Hall–Kier alpha value is -1.81. The fraction of sp³-hybridized carbons (Fsp3) is 0.278. The molecule has 1 aliphatic rings. The number of carbonyl (C=O) groups is 1. The lowest BCUT2D eigenvalue weighted by Gasteiger charge is -2.33. The van der Waals surface area contributed by atoms with Gasteiger partial charge in [0.2, 0.25) is 0 Å². The highest BCUT2D eigenvalue weighted by atomic mass is 79.9. The van der Waals surface area contributed by atoms with Crippen molar-refractivity contribution in [1.82, 2.24) is 0 Å². The summed E-state index contributed by atoms with van der Waals surface area (Å²) in [6.45, 7) is 0.342. The largest absolute Gasteiger partial charge is 0.490 e. The summed E-state index contributed by atoms with van der Waals surface area (Å²) < 4.78 is 12.2. The van der Waals surface area contributed by atoms with E-state index in [4.69, 9.17) is 9.47 Å². The van der Waals surface area contributed by atoms with Gasteiger partial charge in [0.1, 0.15) is 18.5 Å². The highest BCUT2D eigenvalue weighted by Gasteiger charge is 2.37. The second-order valence-corrected chi connectivity index (χ2v) is 6.37. The van der Waals surface area contributed by atoms with Crippen molar-refractivity contribution in [2.45, 2.75) is 25.6 Å². The van der Waals surface area contributed by atoms with Crippen LogP contribution in [-0.4, -0.2) is 12.1 Å². The van der Waals surface area contributed by atoms with Crippen molar-refractivity contribution in [3.05, 3.63) is 64.6 Å². The van der Waals surface area contributed by atoms with Crippen LogP contribution in [0.15, 0.2) is 59.1 Å². The molecule has 0 bridgehead atoms. The predicted molar refractivity (Wildman–Crippen MR) is 87.5 cm³/mol. The topological polar surface area (TPSA) is 35.5 Å². The molecule has 1 saturated carbocycles. The van der Waals surface area contributed by atoms with E-state index in [0.717, 1.165) is 28.6 Å². The molecule has 2 aromatic carbocycles. The number of esters is 1. The number of hydrogen-bond donors (Lipinski definition) is 0. The zero-order valence-electron chi connectivity index (χ0n) is 12.1. The lowest BCUT2D eigenvalue weighted by Crippen LogP contribution is -2.39. The van der Waals surface area contributed by atoms with Crippen molar-refractivity contribution < 1.29 is 14.3 Å². The molecule has 1 fully saturated rings. The van der Waals surface area contributed by atoms with Crippen LogP contribution in [0.1, 0.15) is 18.4 Å². The van der Waals surface area contributed by atoms with Crippen LogP contribution >= 0.6 is 15.9 Å². The molecule has 22 heavy (non-hydrogen) atoms. The molecule has 0 radical (unpaired) electrons. The van der Waals surface area contributed by atoms with E-state index in [-0.39, 0.29) is 18.0 Å². The predicted octanol–water partition coefficient (Wildman–Crippen LogP) is 4.35. The summed E-state index contributed by atoms with van der Waals surface area (Å²) in [6.07, 6.45) is 1.56. The van der Waals surface area contributed by atoms with Gasteiger partial charge in [-0.25, -0.2) is 0 Å². The van der Waals surface area contributed by atoms with Gasteiger partial charge >= 0.3 is 5.97 Å². The Morgan fingerprint density at radius 2 is 1.73 bits per heavy atom. The van der Waals surface area contributed by atoms with Crippen molar-refractivity contribution in [3.8, 4) is 5.75 Å². The normalized spacial score (nSPS) is 20.0. The SMILES string of the molecule is O=C(OCc1ccccc1)[C@H]1C[C@@H](Oc2ccc(Br)cc2)C1. The van der Waals surface area contributed by atoms with Gasteiger partial charge in [-0.1, -0.05) is 46.3 Å². The molecule has 0 unspecified atom stereocenters. The van der Waals surface area contributed by atoms with E-state index in [0.29, 0.717) is 6.61 Å². The minimum atomic E-state index is -0.125. The summed E-state index contributed by atoms with van der Waals surface area (Å²) in [7, 11) is 0. The van der Waals surface area contributed by atoms with Crippen LogP contribution in [0.3, 0.4) is 0 Å². The number of benzene rings is 2. The summed E-state index contributed by atoms with van der Waals surface area (Å²) >= 11 is 3.39. The first-order chi connectivity index (χ1) is 10.7. The molecule has 0 N–H and O–H groups in total. The molecule has 3 rings (SSSR count). The van der Waals surface area contributed by atoms with Crippen molar-refractivity contribution >= 4 is 21.9 Å². The van der Waals surface area contributed by atoms with Gasteiger partial charge in [0.25, 0.3) is 0 Å². The maximum absolute atomic E-state index is 12.0. The van der Waals surface area contributed by atoms with Crippen molar-refractivity contribution in [2.75, 3.05) is 0 Å². The van der Waals surface area contributed by atoms with E-state index >= 15 is 0 Å². The minimum Gasteiger partial charge on any atom is -0.490 e. The zero-order valence-corrected chi connectivity index (χ0v) is 13.7. The molecule has 0 heterocycles. The van der Waals surface area contributed by atoms with Gasteiger partial charge in [-0.2, -0.15) is 0 Å². The number of rotatable bonds is 5. The Morgan fingerprint density at radius 3 is 2.41 bits per heavy atom. The van der Waals surface area contributed by atoms with E-state index in [9.17, 15) is 4.79 Å². The van der Waals surface area contributed by atoms with Crippen LogP contribution in [0, 0.1) is 5.92 Å². The van der Waals surface area contributed by atoms with Crippen molar-refractivity contribution in [1.29, 1.82) is 0 Å². The van der Waals surface area contributed by atoms with E-state index < -0.39 is 0 Å². The molecule has 0 saturated heterocycles. The van der Waals surface area contributed by atoms with Crippen LogP contribution < -0.4 is 4.74 Å². The first kappa shape index (κ1) is 15.1. The Balaban J connectivity index is 1.41. The summed E-state index contributed by atoms with van der Waals surface area (Å²) in [5.41, 5.74) is 1.01. The van der Waals surface area contributed by atoms with Gasteiger partial charge in [-0.15, -0.1) is 0 Å². The van der Waals surface area contributed by atoms with E-state index in [1.54, 1.807) is 0 Å². The molecule has 114 valence electrons. The van der Waals surface area contributed by atoms with Crippen LogP contribution in [0.25, 0.3) is 0 Å². The second-order valence-electron chi connectivity index (χ2n) is 5.46. The number of carbonyl (C=O) groups excluding carboxylic acids is 1. The molecular weight excluding hydrogens is 344 g/mol. The zero-order chi connectivity index (χ0) is 15.4. The lowest BCUT2D eigenvalue weighted by atomic mass is 9.82. The second kappa shape index (κ2) is 6.97. The highest BCUT2D eigenvalue weighted by molar-refractivity contribution is 9.10. The maximum atomic E-state index is 12.0. The van der Waals surface area contributed by atoms with Gasteiger partial charge in [0, 0.05) is 4.47 Å². The van der Waals surface area contributed by atoms with Gasteiger partial charge in [0.15, 0.2) is 0 Å². The molecule has 0 aromatic heterocycles. The molecule has 0 spiro atoms. The third-order valence-corrected chi connectivity index (χ3v) is 4.30. The third-order valence-electron chi connectivity index (χ3n) is 3.77. The number of halogens is 1. The van der Waals surface area contributed by atoms with Crippen LogP contribution in [-0.2, 0) is 16.1 Å². The minimum absolute atomic E-state index is 0.0378. The van der Waals surface area contributed by atoms with Gasteiger partial charge < -0.3 is 9.47 Å². The quantitative estimate of drug-likeness (QED) is 0.743. The first-order valence-corrected chi connectivity index (χ1v) is 8.13. The standard InChI is InChI=1S/C18H17BrO3/c19-15-6-8-16(9-7-15)22-17-10-14(11-17)18(20)21-12-13-4-2-1-3-5-13/h1-9,14,17H,10-12H2/t14-,17+. The van der Waals surface area contributed by atoms with E-state index in [1.807, 2.05) is 54.6 Å². The van der Waals surface area contributed by atoms with Crippen molar-refractivity contribution in [3.63, 3.8) is 0 Å². The highest BCUT2D eigenvalue weighted by Crippen LogP contribution is 2.32. The van der Waals surface area contributed by atoms with Crippen LogP contribution in [0.5, 0.6) is 5.75 Å². The Kier molecular flexibility index (Phi) is 4.78. The smallest absolute Gasteiger partial charge is 0.309 e. The molecule has 0 amide bonds. The molecule has 0 aliphatic heterocycles. The first-order valence-electron chi connectivity index (χ1n) is 7.33. The fourth-order valence-corrected chi connectivity index (χ4v) is 2.67. The van der Waals surface area contributed by atoms with Gasteiger partial charge in [0.05, 0.1) is 5.92 Å². The van der Waals surface area contributed by atoms with Crippen LogP contribution in [0.4, 0.5) is 0 Å². The molecule has 4 heteroatoms. The lowest BCUT2D eigenvalue weighted by molar-refractivity contribution is -0.156. The van der Waals surface area contributed by atoms with E-state index in [1.165, 1.54) is 0 Å². The average molecular weight is 361 g/mol. The fourth-order valence-electron chi connectivity index (χ4n) is 2.41. The number of ether oxygens (including phenoxy) is 2. The molecular formula is C18H17BrO3. The van der Waals surface area contributed by atoms with Crippen molar-refractivity contribution in [2.24, 2.45) is 5.92 Å². The summed E-state index contributed by atoms with van der Waals surface area (Å²) in [6, 6.07) is 17.5. The van der Waals surface area contributed by atoms with Crippen LogP contribution in [0.2, 0.25) is 0 Å². The molecule has 0 atom stereocenters.